The van der Waals surface area contributed by atoms with Crippen molar-refractivity contribution in [2.75, 3.05) is 26.3 Å². The Labute approximate surface area is 250 Å². The summed E-state index contributed by atoms with van der Waals surface area (Å²) in [5.74, 6) is -0.852. The van der Waals surface area contributed by atoms with Crippen molar-refractivity contribution in [1.29, 1.82) is 0 Å². The molecule has 0 aliphatic carbocycles. The first kappa shape index (κ1) is 31.3. The van der Waals surface area contributed by atoms with Crippen molar-refractivity contribution in [1.82, 2.24) is 30.3 Å². The summed E-state index contributed by atoms with van der Waals surface area (Å²) in [5.41, 5.74) is 10.1. The molecule has 1 aromatic carbocycles. The van der Waals surface area contributed by atoms with Crippen LogP contribution in [0.2, 0.25) is 0 Å². The summed E-state index contributed by atoms with van der Waals surface area (Å²) >= 11 is 1.60. The average molecular weight is 596 g/mol. The third-order valence-electron chi connectivity index (χ3n) is 7.28. The van der Waals surface area contributed by atoms with E-state index in [0.29, 0.717) is 51.4 Å². The molecule has 3 amide bonds. The maximum atomic E-state index is 13.8. The summed E-state index contributed by atoms with van der Waals surface area (Å²) in [6.07, 6.45) is 4.39. The van der Waals surface area contributed by atoms with Crippen molar-refractivity contribution in [2.24, 2.45) is 11.1 Å². The summed E-state index contributed by atoms with van der Waals surface area (Å²) in [4.78, 5) is 47.3. The summed E-state index contributed by atoms with van der Waals surface area (Å²) in [5, 5.41) is 10.1. The lowest BCUT2D eigenvalue weighted by Gasteiger charge is -2.35. The zero-order valence-electron chi connectivity index (χ0n) is 24.8. The normalized spacial score (nSPS) is 15.9. The Morgan fingerprint density at radius 2 is 1.95 bits per heavy atom. The first-order valence-corrected chi connectivity index (χ1v) is 15.1. The number of aryl methyl sites for hydroxylation is 1. The molecule has 3 aromatic rings. The van der Waals surface area contributed by atoms with Gasteiger partial charge in [-0.25, -0.2) is 4.98 Å². The molecule has 3 heterocycles. The second-order valence-corrected chi connectivity index (χ2v) is 12.4. The summed E-state index contributed by atoms with van der Waals surface area (Å²) in [6.45, 7) is 10.3. The minimum Gasteiger partial charge on any atom is -0.378 e. The smallest absolute Gasteiger partial charge is 0.255 e. The van der Waals surface area contributed by atoms with Crippen LogP contribution in [0.3, 0.4) is 0 Å². The Hall–Kier alpha value is -3.61. The highest BCUT2D eigenvalue weighted by molar-refractivity contribution is 7.13. The van der Waals surface area contributed by atoms with E-state index in [2.05, 4.69) is 20.7 Å². The molecule has 42 heavy (non-hydrogen) atoms. The van der Waals surface area contributed by atoms with E-state index < -0.39 is 23.4 Å². The number of aromatic nitrogens is 3. The topological polar surface area (TPSA) is 144 Å². The largest absolute Gasteiger partial charge is 0.378 e. The maximum absolute atomic E-state index is 13.8. The minimum atomic E-state index is -0.822. The van der Waals surface area contributed by atoms with Gasteiger partial charge in [0.15, 0.2) is 0 Å². The third kappa shape index (κ3) is 7.81. The Morgan fingerprint density at radius 1 is 1.19 bits per heavy atom. The Morgan fingerprint density at radius 3 is 2.62 bits per heavy atom. The van der Waals surface area contributed by atoms with Crippen LogP contribution in [0, 0.1) is 12.3 Å². The number of ether oxygens (including phenoxy) is 1. The number of thiazole rings is 1. The molecule has 2 atom stereocenters. The van der Waals surface area contributed by atoms with Gasteiger partial charge in [-0.3, -0.25) is 19.1 Å². The van der Waals surface area contributed by atoms with Gasteiger partial charge in [0.2, 0.25) is 11.8 Å². The van der Waals surface area contributed by atoms with E-state index in [-0.39, 0.29) is 11.8 Å². The van der Waals surface area contributed by atoms with Gasteiger partial charge in [0.1, 0.15) is 12.1 Å². The zero-order valence-corrected chi connectivity index (χ0v) is 25.6. The SMILES string of the molecule is Cc1ncsc1-c1ccc(CNC(=O)[C@@H]2CCCN2C(=O)[C@@H](NC(=O)c2cnn(CCOCCN)c2)C(C)(C)C)cc1. The van der Waals surface area contributed by atoms with E-state index in [1.54, 1.807) is 27.1 Å². The van der Waals surface area contributed by atoms with Crippen LogP contribution in [0.15, 0.2) is 42.2 Å². The Balaban J connectivity index is 1.36. The predicted molar refractivity (Wildman–Crippen MR) is 162 cm³/mol. The van der Waals surface area contributed by atoms with Gasteiger partial charge in [-0.05, 0) is 36.3 Å². The zero-order chi connectivity index (χ0) is 30.3. The number of benzene rings is 1. The molecule has 226 valence electrons. The van der Waals surface area contributed by atoms with Gasteiger partial charge in [0.05, 0.1) is 47.6 Å². The molecule has 1 fully saturated rings. The molecule has 11 nitrogen and oxygen atoms in total. The summed E-state index contributed by atoms with van der Waals surface area (Å²) in [6, 6.07) is 6.64. The molecule has 1 aliphatic rings. The quantitative estimate of drug-likeness (QED) is 0.273. The molecule has 1 aliphatic heterocycles. The van der Waals surface area contributed by atoms with Gasteiger partial charge in [-0.2, -0.15) is 5.10 Å². The lowest BCUT2D eigenvalue weighted by molar-refractivity contribution is -0.141. The van der Waals surface area contributed by atoms with Crippen LogP contribution in [-0.2, 0) is 27.4 Å². The van der Waals surface area contributed by atoms with Gasteiger partial charge in [0.25, 0.3) is 5.91 Å². The van der Waals surface area contributed by atoms with E-state index >= 15 is 0 Å². The van der Waals surface area contributed by atoms with E-state index in [9.17, 15) is 14.4 Å². The van der Waals surface area contributed by atoms with E-state index in [0.717, 1.165) is 28.1 Å². The number of nitrogens with two attached hydrogens (primary N) is 1. The molecule has 1 saturated heterocycles. The number of carbonyl (C=O) groups excluding carboxylic acids is 3. The summed E-state index contributed by atoms with van der Waals surface area (Å²) in [7, 11) is 0. The molecule has 0 saturated carbocycles. The van der Waals surface area contributed by atoms with Gasteiger partial charge in [-0.1, -0.05) is 45.0 Å². The Kier molecular flexibility index (Phi) is 10.5. The van der Waals surface area contributed by atoms with E-state index in [4.69, 9.17) is 10.5 Å². The highest BCUT2D eigenvalue weighted by atomic mass is 32.1. The summed E-state index contributed by atoms with van der Waals surface area (Å²) < 4.78 is 7.00. The van der Waals surface area contributed by atoms with Crippen LogP contribution < -0.4 is 16.4 Å². The van der Waals surface area contributed by atoms with Crippen LogP contribution in [0.25, 0.3) is 10.4 Å². The fourth-order valence-electron chi connectivity index (χ4n) is 4.94. The van der Waals surface area contributed by atoms with E-state index in [1.807, 2.05) is 57.5 Å². The molecule has 0 radical (unpaired) electrons. The fraction of sp³-hybridized carbons (Fsp3) is 0.500. The van der Waals surface area contributed by atoms with Crippen molar-refractivity contribution >= 4 is 29.1 Å². The lowest BCUT2D eigenvalue weighted by atomic mass is 9.85. The second-order valence-electron chi connectivity index (χ2n) is 11.5. The molecule has 12 heteroatoms. The lowest BCUT2D eigenvalue weighted by Crippen LogP contribution is -2.57. The van der Waals surface area contributed by atoms with Gasteiger partial charge >= 0.3 is 0 Å². The molecular formula is C30H41N7O4S. The number of rotatable bonds is 12. The molecule has 0 unspecified atom stereocenters. The van der Waals surface area contributed by atoms with Gasteiger partial charge in [0, 0.05) is 25.8 Å². The number of nitrogens with zero attached hydrogens (tertiary/aromatic N) is 4. The Bertz CT molecular complexity index is 1360. The number of amides is 3. The molecule has 4 N–H and O–H groups in total. The van der Waals surface area contributed by atoms with Crippen LogP contribution in [-0.4, -0.2) is 75.8 Å². The van der Waals surface area contributed by atoms with Crippen molar-refractivity contribution in [3.05, 3.63) is 59.0 Å². The van der Waals surface area contributed by atoms with Crippen LogP contribution in [0.4, 0.5) is 0 Å². The minimum absolute atomic E-state index is 0.194. The number of hydrogen-bond acceptors (Lipinski definition) is 8. The monoisotopic (exact) mass is 595 g/mol. The number of carbonyl (C=O) groups is 3. The van der Waals surface area contributed by atoms with Crippen molar-refractivity contribution in [3.63, 3.8) is 0 Å². The van der Waals surface area contributed by atoms with E-state index in [1.165, 1.54) is 6.20 Å². The van der Waals surface area contributed by atoms with Gasteiger partial charge in [-0.15, -0.1) is 11.3 Å². The van der Waals surface area contributed by atoms with Crippen molar-refractivity contribution < 1.29 is 19.1 Å². The number of nitrogens with one attached hydrogen (secondary N) is 2. The third-order valence-corrected chi connectivity index (χ3v) is 8.26. The standard InChI is InChI=1S/C30H41N7O4S/c1-20-25(42-19-33-20)22-9-7-21(8-10-22)16-32-28(39)24-6-5-12-37(24)29(40)26(30(2,3)4)35-27(38)23-17-34-36(18-23)13-15-41-14-11-31/h7-10,17-19,24,26H,5-6,11-16,31H2,1-4H3,(H,32,39)(H,35,38)/t24-,26+/m0/s1. The van der Waals surface area contributed by atoms with Crippen LogP contribution >= 0.6 is 11.3 Å². The van der Waals surface area contributed by atoms with Crippen LogP contribution in [0.1, 0.15) is 55.2 Å². The second kappa shape index (κ2) is 14.0. The first-order valence-electron chi connectivity index (χ1n) is 14.3. The molecule has 4 rings (SSSR count). The molecule has 2 aromatic heterocycles. The fourth-order valence-corrected chi connectivity index (χ4v) is 5.75. The van der Waals surface area contributed by atoms with Crippen molar-refractivity contribution in [3.8, 4) is 10.4 Å². The highest BCUT2D eigenvalue weighted by Gasteiger charge is 2.42. The first-order chi connectivity index (χ1) is 20.1. The maximum Gasteiger partial charge on any atom is 0.255 e. The molecule has 0 spiro atoms. The highest BCUT2D eigenvalue weighted by Crippen LogP contribution is 2.28. The average Bonchev–Trinajstić information content (AvgIpc) is 3.73. The van der Waals surface area contributed by atoms with Crippen molar-refractivity contribution in [2.45, 2.75) is 65.7 Å². The van der Waals surface area contributed by atoms with Gasteiger partial charge < -0.3 is 26.0 Å². The predicted octanol–water partition coefficient (Wildman–Crippen LogP) is 2.74. The number of likely N-dealkylation sites (tertiary alicyclic amines) is 1. The van der Waals surface area contributed by atoms with Crippen LogP contribution in [0.5, 0.6) is 0 Å². The number of hydrogen-bond donors (Lipinski definition) is 3. The molecule has 0 bridgehead atoms. The molecular weight excluding hydrogens is 554 g/mol.